The fraction of sp³-hybridized carbons (Fsp3) is 0.588. The Kier molecular flexibility index (Phi) is 13.3. The SMILES string of the molecule is C=NCCCC.CN1CCCC1.CNNc1ccccc1N. The van der Waals surface area contributed by atoms with Crippen molar-refractivity contribution < 1.29 is 0 Å². The molecule has 126 valence electrons. The third-order valence-electron chi connectivity index (χ3n) is 3.22. The van der Waals surface area contributed by atoms with Crippen LogP contribution in [0.15, 0.2) is 29.3 Å². The molecule has 1 fully saturated rings. The quantitative estimate of drug-likeness (QED) is 0.339. The molecule has 0 saturated carbocycles. The summed E-state index contributed by atoms with van der Waals surface area (Å²) in [7, 11) is 3.97. The molecule has 1 aliphatic rings. The van der Waals surface area contributed by atoms with Gasteiger partial charge in [-0.05, 0) is 58.2 Å². The van der Waals surface area contributed by atoms with E-state index in [0.29, 0.717) is 0 Å². The van der Waals surface area contributed by atoms with E-state index in [4.69, 9.17) is 5.73 Å². The van der Waals surface area contributed by atoms with E-state index in [1.165, 1.54) is 38.8 Å². The van der Waals surface area contributed by atoms with Crippen LogP contribution in [0.1, 0.15) is 32.6 Å². The van der Waals surface area contributed by atoms with Crippen molar-refractivity contribution in [2.24, 2.45) is 4.99 Å². The van der Waals surface area contributed by atoms with Crippen LogP contribution in [0.5, 0.6) is 0 Å². The number of hydrazine groups is 1. The lowest BCUT2D eigenvalue weighted by atomic mass is 10.3. The molecule has 4 N–H and O–H groups in total. The molecule has 0 aliphatic carbocycles. The van der Waals surface area contributed by atoms with Gasteiger partial charge in [-0.25, -0.2) is 5.43 Å². The molecule has 1 aromatic carbocycles. The lowest BCUT2D eigenvalue weighted by molar-refractivity contribution is 0.418. The summed E-state index contributed by atoms with van der Waals surface area (Å²) in [4.78, 5) is 6.04. The lowest BCUT2D eigenvalue weighted by Gasteiger charge is -2.05. The van der Waals surface area contributed by atoms with Gasteiger partial charge in [-0.2, -0.15) is 0 Å². The number of hydrogen-bond acceptors (Lipinski definition) is 5. The normalized spacial score (nSPS) is 13.4. The molecule has 1 heterocycles. The van der Waals surface area contributed by atoms with Gasteiger partial charge in [-0.15, -0.1) is 0 Å². The minimum Gasteiger partial charge on any atom is -0.397 e. The average molecular weight is 307 g/mol. The van der Waals surface area contributed by atoms with Gasteiger partial charge in [-0.1, -0.05) is 25.5 Å². The van der Waals surface area contributed by atoms with Gasteiger partial charge < -0.3 is 21.1 Å². The highest BCUT2D eigenvalue weighted by Crippen LogP contribution is 2.14. The van der Waals surface area contributed by atoms with Crippen LogP contribution in [0.25, 0.3) is 0 Å². The van der Waals surface area contributed by atoms with Crippen molar-refractivity contribution in [1.82, 2.24) is 10.3 Å². The minimum atomic E-state index is 0.747. The van der Waals surface area contributed by atoms with E-state index < -0.39 is 0 Å². The number of rotatable bonds is 5. The van der Waals surface area contributed by atoms with Crippen LogP contribution in [-0.4, -0.2) is 45.3 Å². The van der Waals surface area contributed by atoms with E-state index in [1.54, 1.807) is 7.05 Å². The van der Waals surface area contributed by atoms with Crippen LogP contribution in [-0.2, 0) is 0 Å². The molecule has 22 heavy (non-hydrogen) atoms. The third kappa shape index (κ3) is 11.1. The molecule has 2 rings (SSSR count). The Labute approximate surface area is 136 Å². The second-order valence-electron chi connectivity index (χ2n) is 5.27. The molecule has 0 aromatic heterocycles. The fourth-order valence-corrected chi connectivity index (χ4v) is 1.89. The number of nitrogens with two attached hydrogens (primary N) is 1. The maximum Gasteiger partial charge on any atom is 0.0717 e. The van der Waals surface area contributed by atoms with E-state index in [2.05, 4.69) is 41.4 Å². The molecular formula is C17H33N5. The summed E-state index contributed by atoms with van der Waals surface area (Å²) in [6, 6.07) is 7.58. The minimum absolute atomic E-state index is 0.747. The fourth-order valence-electron chi connectivity index (χ4n) is 1.89. The summed E-state index contributed by atoms with van der Waals surface area (Å²) >= 11 is 0. The number of para-hydroxylation sites is 2. The Balaban J connectivity index is 0.000000319. The van der Waals surface area contributed by atoms with Crippen molar-refractivity contribution in [3.05, 3.63) is 24.3 Å². The van der Waals surface area contributed by atoms with E-state index in [1.807, 2.05) is 24.3 Å². The molecule has 5 heteroatoms. The Morgan fingerprint density at radius 3 is 2.27 bits per heavy atom. The summed E-state index contributed by atoms with van der Waals surface area (Å²) in [6.45, 7) is 9.06. The second kappa shape index (κ2) is 14.4. The topological polar surface area (TPSA) is 65.7 Å². The summed E-state index contributed by atoms with van der Waals surface area (Å²) in [5.74, 6) is 0. The van der Waals surface area contributed by atoms with E-state index >= 15 is 0 Å². The van der Waals surface area contributed by atoms with Gasteiger partial charge in [0.05, 0.1) is 11.4 Å². The molecule has 0 spiro atoms. The van der Waals surface area contributed by atoms with Gasteiger partial charge in [0.1, 0.15) is 0 Å². The largest absolute Gasteiger partial charge is 0.397 e. The number of nitrogens with one attached hydrogen (secondary N) is 2. The Morgan fingerprint density at radius 2 is 1.91 bits per heavy atom. The maximum atomic E-state index is 5.60. The van der Waals surface area contributed by atoms with Crippen molar-refractivity contribution in [3.8, 4) is 0 Å². The number of aliphatic imine (C=N–C) groups is 1. The summed E-state index contributed by atoms with van der Waals surface area (Å²) in [5, 5.41) is 0. The zero-order valence-corrected chi connectivity index (χ0v) is 14.4. The van der Waals surface area contributed by atoms with Crippen molar-refractivity contribution in [2.45, 2.75) is 32.6 Å². The first-order chi connectivity index (χ1) is 10.7. The van der Waals surface area contributed by atoms with Gasteiger partial charge in [0.25, 0.3) is 0 Å². The van der Waals surface area contributed by atoms with Crippen molar-refractivity contribution >= 4 is 18.1 Å². The number of benzene rings is 1. The standard InChI is InChI=1S/C7H11N3.2C5H11N/c1-9-10-7-5-3-2-4-6(7)8;1-6-4-2-3-5-6;1-3-4-5-6-2/h2-5,9-10H,8H2,1H3;2*2-5H2,1H3. The Morgan fingerprint density at radius 1 is 1.27 bits per heavy atom. The third-order valence-corrected chi connectivity index (χ3v) is 3.22. The molecule has 0 atom stereocenters. The van der Waals surface area contributed by atoms with E-state index in [0.717, 1.165) is 17.9 Å². The number of likely N-dealkylation sites (tertiary alicyclic amines) is 1. The molecule has 5 nitrogen and oxygen atoms in total. The molecule has 0 radical (unpaired) electrons. The van der Waals surface area contributed by atoms with Crippen molar-refractivity contribution in [1.29, 1.82) is 0 Å². The van der Waals surface area contributed by atoms with Crippen LogP contribution in [0.2, 0.25) is 0 Å². The van der Waals surface area contributed by atoms with Gasteiger partial charge in [0, 0.05) is 13.6 Å². The highest BCUT2D eigenvalue weighted by Gasteiger charge is 2.03. The first-order valence-corrected chi connectivity index (χ1v) is 8.04. The average Bonchev–Trinajstić information content (AvgIpc) is 3.00. The first kappa shape index (κ1) is 20.4. The van der Waals surface area contributed by atoms with Gasteiger partial charge >= 0.3 is 0 Å². The number of nitrogen functional groups attached to an aromatic ring is 1. The van der Waals surface area contributed by atoms with Gasteiger partial charge in [0.15, 0.2) is 0 Å². The van der Waals surface area contributed by atoms with Crippen LogP contribution < -0.4 is 16.6 Å². The zero-order chi connectivity index (χ0) is 16.6. The van der Waals surface area contributed by atoms with Crippen LogP contribution in [0.3, 0.4) is 0 Å². The number of hydrogen-bond donors (Lipinski definition) is 3. The van der Waals surface area contributed by atoms with Crippen LogP contribution in [0.4, 0.5) is 11.4 Å². The summed E-state index contributed by atoms with van der Waals surface area (Å²) < 4.78 is 0. The van der Waals surface area contributed by atoms with Crippen LogP contribution in [0, 0.1) is 0 Å². The molecule has 0 unspecified atom stereocenters. The Bertz CT molecular complexity index is 375. The molecule has 1 aliphatic heterocycles. The second-order valence-corrected chi connectivity index (χ2v) is 5.27. The number of anilines is 2. The van der Waals surface area contributed by atoms with E-state index in [-0.39, 0.29) is 0 Å². The van der Waals surface area contributed by atoms with Gasteiger partial charge in [-0.3, -0.25) is 0 Å². The monoisotopic (exact) mass is 307 g/mol. The summed E-state index contributed by atoms with van der Waals surface area (Å²) in [6.07, 6.45) is 5.23. The van der Waals surface area contributed by atoms with Gasteiger partial charge in [0.2, 0.25) is 0 Å². The molecule has 1 saturated heterocycles. The van der Waals surface area contributed by atoms with Crippen LogP contribution >= 0.6 is 0 Å². The number of unbranched alkanes of at least 4 members (excludes halogenated alkanes) is 1. The highest BCUT2D eigenvalue weighted by molar-refractivity contribution is 5.64. The lowest BCUT2D eigenvalue weighted by Crippen LogP contribution is -2.15. The van der Waals surface area contributed by atoms with Crippen molar-refractivity contribution in [3.63, 3.8) is 0 Å². The molecule has 1 aromatic rings. The van der Waals surface area contributed by atoms with Crippen molar-refractivity contribution in [2.75, 3.05) is 44.9 Å². The summed E-state index contributed by atoms with van der Waals surface area (Å²) in [5.41, 5.74) is 13.0. The van der Waals surface area contributed by atoms with E-state index in [9.17, 15) is 0 Å². The zero-order valence-electron chi connectivity index (χ0n) is 14.4. The predicted molar refractivity (Wildman–Crippen MR) is 99.6 cm³/mol. The molecular weight excluding hydrogens is 274 g/mol. The highest BCUT2D eigenvalue weighted by atomic mass is 15.3. The number of nitrogens with zero attached hydrogens (tertiary/aromatic N) is 2. The smallest absolute Gasteiger partial charge is 0.0717 e. The Hall–Kier alpha value is -1.59. The molecule has 0 bridgehead atoms. The molecule has 0 amide bonds. The maximum absolute atomic E-state index is 5.60. The predicted octanol–water partition coefficient (Wildman–Crippen LogP) is 3.01. The first-order valence-electron chi connectivity index (χ1n) is 8.04.